The van der Waals surface area contributed by atoms with E-state index < -0.39 is 0 Å². The maximum absolute atomic E-state index is 11.4. The number of nitrogens with zero attached hydrogens (tertiary/aromatic N) is 4. The van der Waals surface area contributed by atoms with E-state index in [0.717, 1.165) is 33.0 Å². The quantitative estimate of drug-likeness (QED) is 0.756. The van der Waals surface area contributed by atoms with Crippen LogP contribution in [-0.2, 0) is 4.79 Å². The van der Waals surface area contributed by atoms with E-state index in [1.165, 1.54) is 11.5 Å². The van der Waals surface area contributed by atoms with Crippen molar-refractivity contribution in [2.45, 2.75) is 13.3 Å². The predicted octanol–water partition coefficient (Wildman–Crippen LogP) is 1.94. The van der Waals surface area contributed by atoms with Gasteiger partial charge in [-0.25, -0.2) is 10.4 Å². The minimum atomic E-state index is -0.0427. The van der Waals surface area contributed by atoms with Crippen molar-refractivity contribution in [1.29, 1.82) is 0 Å². The number of nitrogens with one attached hydrogen (secondary N) is 2. The van der Waals surface area contributed by atoms with Crippen LogP contribution in [0.5, 0.6) is 0 Å². The molecule has 7 nitrogen and oxygen atoms in total. The monoisotopic (exact) mass is 312 g/mol. The first kappa shape index (κ1) is 13.1. The number of hydrazone groups is 1. The van der Waals surface area contributed by atoms with Gasteiger partial charge in [-0.1, -0.05) is 17.5 Å². The molecule has 8 heteroatoms. The van der Waals surface area contributed by atoms with E-state index in [9.17, 15) is 4.79 Å². The summed E-state index contributed by atoms with van der Waals surface area (Å²) >= 11 is 1.30. The molecule has 4 rings (SSSR count). The lowest BCUT2D eigenvalue weighted by molar-refractivity contribution is -0.121. The highest BCUT2D eigenvalue weighted by Crippen LogP contribution is 2.24. The van der Waals surface area contributed by atoms with Crippen molar-refractivity contribution < 1.29 is 4.79 Å². The molecule has 1 atom stereocenters. The Morgan fingerprint density at radius 1 is 1.36 bits per heavy atom. The fourth-order valence-electron chi connectivity index (χ4n) is 2.56. The number of rotatable bonds is 2. The molecule has 1 aliphatic heterocycles. The Balaban J connectivity index is 1.76. The summed E-state index contributed by atoms with van der Waals surface area (Å²) in [4.78, 5) is 20.1. The second-order valence-electron chi connectivity index (χ2n) is 5.24. The van der Waals surface area contributed by atoms with Crippen LogP contribution in [0.15, 0.2) is 29.5 Å². The van der Waals surface area contributed by atoms with Crippen LogP contribution in [0, 0.1) is 5.92 Å². The average molecular weight is 312 g/mol. The zero-order chi connectivity index (χ0) is 15.1. The standard InChI is InChI=1S/C14H12N6OS/c1-7-4-12(21)18-19-13(7)8-2-3-9-10(5-8)17-14(16-9)11-6-15-20-22-11/h2-3,5-7H,4H2,1H3,(H,16,17)(H,18,21). The molecule has 1 amide bonds. The van der Waals surface area contributed by atoms with Gasteiger partial charge in [-0.2, -0.15) is 5.10 Å². The van der Waals surface area contributed by atoms with Crippen molar-refractivity contribution in [1.82, 2.24) is 25.0 Å². The van der Waals surface area contributed by atoms with Gasteiger partial charge < -0.3 is 4.98 Å². The first-order chi connectivity index (χ1) is 10.7. The normalized spacial score (nSPS) is 18.3. The zero-order valence-electron chi connectivity index (χ0n) is 11.7. The lowest BCUT2D eigenvalue weighted by atomic mass is 9.94. The van der Waals surface area contributed by atoms with Gasteiger partial charge in [0.2, 0.25) is 5.91 Å². The maximum Gasteiger partial charge on any atom is 0.240 e. The van der Waals surface area contributed by atoms with Gasteiger partial charge in [0, 0.05) is 17.9 Å². The molecule has 0 fully saturated rings. The summed E-state index contributed by atoms with van der Waals surface area (Å²) in [5.41, 5.74) is 6.21. The highest BCUT2D eigenvalue weighted by atomic mass is 32.1. The molecule has 0 spiro atoms. The summed E-state index contributed by atoms with van der Waals surface area (Å²) in [7, 11) is 0. The number of fused-ring (bicyclic) bond motifs is 1. The third-order valence-electron chi connectivity index (χ3n) is 3.63. The minimum absolute atomic E-state index is 0.0427. The number of hydrogen-bond acceptors (Lipinski definition) is 6. The van der Waals surface area contributed by atoms with Crippen LogP contribution in [0.25, 0.3) is 21.7 Å². The van der Waals surface area contributed by atoms with Crippen LogP contribution in [0.4, 0.5) is 0 Å². The van der Waals surface area contributed by atoms with Gasteiger partial charge in [0.15, 0.2) is 5.82 Å². The Hall–Kier alpha value is -2.61. The molecule has 1 aromatic carbocycles. The van der Waals surface area contributed by atoms with E-state index in [4.69, 9.17) is 0 Å². The topological polar surface area (TPSA) is 95.9 Å². The van der Waals surface area contributed by atoms with Crippen molar-refractivity contribution in [3.05, 3.63) is 30.0 Å². The SMILES string of the molecule is CC1CC(=O)NN=C1c1ccc2nc(-c3cnns3)[nH]c2c1. The van der Waals surface area contributed by atoms with Gasteiger partial charge in [-0.3, -0.25) is 4.79 Å². The number of carbonyl (C=O) groups excluding carboxylic acids is 1. The van der Waals surface area contributed by atoms with E-state index in [1.54, 1.807) is 6.20 Å². The van der Waals surface area contributed by atoms with Gasteiger partial charge in [-0.05, 0) is 23.7 Å². The molecule has 110 valence electrons. The largest absolute Gasteiger partial charge is 0.337 e. The van der Waals surface area contributed by atoms with E-state index >= 15 is 0 Å². The van der Waals surface area contributed by atoms with Gasteiger partial charge in [0.05, 0.1) is 22.9 Å². The van der Waals surface area contributed by atoms with Crippen LogP contribution < -0.4 is 5.43 Å². The number of benzene rings is 1. The lowest BCUT2D eigenvalue weighted by Crippen LogP contribution is -2.31. The van der Waals surface area contributed by atoms with E-state index in [1.807, 2.05) is 25.1 Å². The van der Waals surface area contributed by atoms with Gasteiger partial charge >= 0.3 is 0 Å². The first-order valence-electron chi connectivity index (χ1n) is 6.85. The van der Waals surface area contributed by atoms with E-state index in [-0.39, 0.29) is 11.8 Å². The Morgan fingerprint density at radius 3 is 3.05 bits per heavy atom. The van der Waals surface area contributed by atoms with Crippen molar-refractivity contribution in [3.8, 4) is 10.7 Å². The molecule has 22 heavy (non-hydrogen) atoms. The second kappa shape index (κ2) is 4.99. The molecular weight excluding hydrogens is 300 g/mol. The van der Waals surface area contributed by atoms with Crippen LogP contribution >= 0.6 is 11.5 Å². The van der Waals surface area contributed by atoms with Crippen molar-refractivity contribution in [2.75, 3.05) is 0 Å². The molecule has 0 aliphatic carbocycles. The molecular formula is C14H12N6OS. The van der Waals surface area contributed by atoms with Crippen molar-refractivity contribution >= 4 is 34.2 Å². The van der Waals surface area contributed by atoms with Crippen molar-refractivity contribution in [3.63, 3.8) is 0 Å². The Kier molecular flexibility index (Phi) is 2.97. The predicted molar refractivity (Wildman–Crippen MR) is 83.5 cm³/mol. The molecule has 2 N–H and O–H groups in total. The van der Waals surface area contributed by atoms with Crippen LogP contribution in [0.2, 0.25) is 0 Å². The summed E-state index contributed by atoms with van der Waals surface area (Å²) < 4.78 is 3.85. The third-order valence-corrected chi connectivity index (χ3v) is 4.30. The molecule has 0 bridgehead atoms. The Labute approximate surface area is 129 Å². The first-order valence-corrected chi connectivity index (χ1v) is 7.62. The average Bonchev–Trinajstić information content (AvgIpc) is 3.15. The smallest absolute Gasteiger partial charge is 0.240 e. The van der Waals surface area contributed by atoms with Gasteiger partial charge in [0.25, 0.3) is 0 Å². The van der Waals surface area contributed by atoms with Crippen LogP contribution in [0.3, 0.4) is 0 Å². The number of H-pyrrole nitrogens is 1. The number of aromatic nitrogens is 4. The Bertz CT molecular complexity index is 882. The molecule has 0 saturated heterocycles. The number of aromatic amines is 1. The second-order valence-corrected chi connectivity index (χ2v) is 6.02. The maximum atomic E-state index is 11.4. The summed E-state index contributed by atoms with van der Waals surface area (Å²) in [5.74, 6) is 0.812. The molecule has 3 aromatic rings. The van der Waals surface area contributed by atoms with Crippen molar-refractivity contribution in [2.24, 2.45) is 11.0 Å². The highest BCUT2D eigenvalue weighted by molar-refractivity contribution is 7.09. The van der Waals surface area contributed by atoms with E-state index in [2.05, 4.69) is 30.1 Å². The fraction of sp³-hybridized carbons (Fsp3) is 0.214. The molecule has 3 heterocycles. The van der Waals surface area contributed by atoms with E-state index in [0.29, 0.717) is 6.42 Å². The summed E-state index contributed by atoms with van der Waals surface area (Å²) in [6, 6.07) is 5.93. The number of carbonyl (C=O) groups is 1. The summed E-state index contributed by atoms with van der Waals surface area (Å²) in [6.45, 7) is 2.00. The molecule has 0 radical (unpaired) electrons. The number of imidazole rings is 1. The molecule has 1 unspecified atom stereocenters. The highest BCUT2D eigenvalue weighted by Gasteiger charge is 2.22. The third kappa shape index (κ3) is 2.17. The molecule has 1 aliphatic rings. The minimum Gasteiger partial charge on any atom is -0.337 e. The Morgan fingerprint density at radius 2 is 2.27 bits per heavy atom. The van der Waals surface area contributed by atoms with Crippen LogP contribution in [0.1, 0.15) is 18.9 Å². The number of amides is 1. The van der Waals surface area contributed by atoms with Gasteiger partial charge in [-0.15, -0.1) is 5.10 Å². The molecule has 0 saturated carbocycles. The fourth-order valence-corrected chi connectivity index (χ4v) is 3.02. The van der Waals surface area contributed by atoms with Gasteiger partial charge in [0.1, 0.15) is 4.88 Å². The summed E-state index contributed by atoms with van der Waals surface area (Å²) in [6.07, 6.45) is 2.14. The summed E-state index contributed by atoms with van der Waals surface area (Å²) in [5, 5.41) is 8.02. The zero-order valence-corrected chi connectivity index (χ0v) is 12.5. The molecule has 2 aromatic heterocycles. The lowest BCUT2D eigenvalue weighted by Gasteiger charge is -2.18. The number of hydrogen-bond donors (Lipinski definition) is 2. The van der Waals surface area contributed by atoms with Crippen LogP contribution in [-0.4, -0.2) is 31.2 Å².